The molecule has 1 aromatic heterocycles. The predicted octanol–water partition coefficient (Wildman–Crippen LogP) is 1.77. The number of furan rings is 1. The summed E-state index contributed by atoms with van der Waals surface area (Å²) in [4.78, 5) is 11.5. The van der Waals surface area contributed by atoms with E-state index in [1.165, 1.54) is 0 Å². The maximum Gasteiger partial charge on any atom is 0.449 e. The second kappa shape index (κ2) is 4.40. The van der Waals surface area contributed by atoms with Gasteiger partial charge in [-0.15, -0.1) is 0 Å². The van der Waals surface area contributed by atoms with Crippen molar-refractivity contribution in [3.63, 3.8) is 0 Å². The Morgan fingerprint density at radius 1 is 1.41 bits per heavy atom. The van der Waals surface area contributed by atoms with E-state index in [1.54, 1.807) is 13.8 Å². The molecule has 0 atom stereocenters. The van der Waals surface area contributed by atoms with Gasteiger partial charge in [-0.05, 0) is 26.0 Å². The molecule has 0 fully saturated rings. The van der Waals surface area contributed by atoms with Crippen molar-refractivity contribution in [1.82, 2.24) is 5.32 Å². The van der Waals surface area contributed by atoms with Crippen LogP contribution in [0.3, 0.4) is 0 Å². The molecule has 0 spiro atoms. The topological polar surface area (TPSA) is 68.3 Å². The molecule has 17 heavy (non-hydrogen) atoms. The van der Waals surface area contributed by atoms with Crippen LogP contribution in [0, 0.1) is 0 Å². The van der Waals surface area contributed by atoms with E-state index < -0.39 is 23.4 Å². The largest absolute Gasteiger partial charge is 0.449 e. The molecule has 0 aliphatic heterocycles. The monoisotopic (exact) mass is 250 g/mol. The molecular formula is C10H13F3N2O2. The van der Waals surface area contributed by atoms with Gasteiger partial charge in [0, 0.05) is 12.1 Å². The molecule has 0 saturated carbocycles. The molecular weight excluding hydrogens is 237 g/mol. The van der Waals surface area contributed by atoms with Gasteiger partial charge in [-0.3, -0.25) is 4.79 Å². The molecule has 1 rings (SSSR count). The average Bonchev–Trinajstić information content (AvgIpc) is 2.65. The van der Waals surface area contributed by atoms with Crippen molar-refractivity contribution in [2.45, 2.75) is 25.6 Å². The highest BCUT2D eigenvalue weighted by Crippen LogP contribution is 2.30. The van der Waals surface area contributed by atoms with Crippen molar-refractivity contribution in [1.29, 1.82) is 0 Å². The highest BCUT2D eigenvalue weighted by Gasteiger charge is 2.35. The van der Waals surface area contributed by atoms with Gasteiger partial charge in [-0.25, -0.2) is 0 Å². The van der Waals surface area contributed by atoms with Crippen LogP contribution in [0.15, 0.2) is 16.5 Å². The second-order valence-electron chi connectivity index (χ2n) is 4.20. The minimum absolute atomic E-state index is 0.158. The first kappa shape index (κ1) is 13.6. The van der Waals surface area contributed by atoms with Crippen LogP contribution < -0.4 is 11.1 Å². The number of carbonyl (C=O) groups is 1. The van der Waals surface area contributed by atoms with Gasteiger partial charge in [-0.1, -0.05) is 0 Å². The van der Waals surface area contributed by atoms with Gasteiger partial charge >= 0.3 is 6.18 Å². The quantitative estimate of drug-likeness (QED) is 0.859. The lowest BCUT2D eigenvalue weighted by molar-refractivity contribution is -0.153. The lowest BCUT2D eigenvalue weighted by Crippen LogP contribution is -2.48. The zero-order valence-corrected chi connectivity index (χ0v) is 9.39. The first-order chi connectivity index (χ1) is 7.65. The van der Waals surface area contributed by atoms with Crippen LogP contribution in [0.2, 0.25) is 0 Å². The SMILES string of the molecule is CC(C)(CN)NC(=O)c1ccc(C(F)(F)F)o1. The van der Waals surface area contributed by atoms with Crippen LogP contribution in [0.5, 0.6) is 0 Å². The van der Waals surface area contributed by atoms with E-state index in [0.717, 1.165) is 6.07 Å². The highest BCUT2D eigenvalue weighted by atomic mass is 19.4. The minimum atomic E-state index is -4.60. The van der Waals surface area contributed by atoms with Gasteiger partial charge < -0.3 is 15.5 Å². The second-order valence-corrected chi connectivity index (χ2v) is 4.20. The van der Waals surface area contributed by atoms with Gasteiger partial charge in [0.05, 0.1) is 0 Å². The number of alkyl halides is 3. The Morgan fingerprint density at radius 3 is 2.41 bits per heavy atom. The number of rotatable bonds is 3. The third-order valence-electron chi connectivity index (χ3n) is 2.07. The number of nitrogens with one attached hydrogen (secondary N) is 1. The Balaban J connectivity index is 2.81. The molecule has 0 bridgehead atoms. The van der Waals surface area contributed by atoms with Crippen molar-refractivity contribution in [3.05, 3.63) is 23.7 Å². The Morgan fingerprint density at radius 2 is 2.00 bits per heavy atom. The number of amides is 1. The Hall–Kier alpha value is -1.50. The zero-order chi connectivity index (χ0) is 13.3. The number of hydrogen-bond donors (Lipinski definition) is 2. The summed E-state index contributed by atoms with van der Waals surface area (Å²) in [5.41, 5.74) is 4.68. The fourth-order valence-corrected chi connectivity index (χ4v) is 1.03. The maximum absolute atomic E-state index is 12.2. The number of hydrogen-bond acceptors (Lipinski definition) is 3. The van der Waals surface area contributed by atoms with E-state index in [0.29, 0.717) is 6.07 Å². The van der Waals surface area contributed by atoms with E-state index in [2.05, 4.69) is 9.73 Å². The van der Waals surface area contributed by atoms with E-state index >= 15 is 0 Å². The molecule has 0 radical (unpaired) electrons. The molecule has 1 aromatic rings. The highest BCUT2D eigenvalue weighted by molar-refractivity contribution is 5.92. The lowest BCUT2D eigenvalue weighted by atomic mass is 10.1. The van der Waals surface area contributed by atoms with Gasteiger partial charge in [0.1, 0.15) is 0 Å². The van der Waals surface area contributed by atoms with Crippen molar-refractivity contribution in [3.8, 4) is 0 Å². The zero-order valence-electron chi connectivity index (χ0n) is 9.39. The van der Waals surface area contributed by atoms with Crippen molar-refractivity contribution in [2.75, 3.05) is 6.54 Å². The minimum Gasteiger partial charge on any atom is -0.446 e. The molecule has 1 heterocycles. The standard InChI is InChI=1S/C10H13F3N2O2/c1-9(2,5-14)15-8(16)6-3-4-7(17-6)10(11,12)13/h3-4H,5,14H2,1-2H3,(H,15,16). The Kier molecular flexibility index (Phi) is 3.51. The Labute approximate surface area is 96.0 Å². The van der Waals surface area contributed by atoms with Crippen LogP contribution in [0.1, 0.15) is 30.2 Å². The van der Waals surface area contributed by atoms with E-state index in [1.807, 2.05) is 0 Å². The molecule has 0 aromatic carbocycles. The summed E-state index contributed by atoms with van der Waals surface area (Å²) < 4.78 is 41.1. The van der Waals surface area contributed by atoms with Gasteiger partial charge in [-0.2, -0.15) is 13.2 Å². The van der Waals surface area contributed by atoms with Gasteiger partial charge in [0.2, 0.25) is 5.76 Å². The summed E-state index contributed by atoms with van der Waals surface area (Å²) in [7, 11) is 0. The summed E-state index contributed by atoms with van der Waals surface area (Å²) in [6.45, 7) is 3.46. The van der Waals surface area contributed by atoms with E-state index in [4.69, 9.17) is 5.73 Å². The van der Waals surface area contributed by atoms with Crippen molar-refractivity contribution >= 4 is 5.91 Å². The fourth-order valence-electron chi connectivity index (χ4n) is 1.03. The van der Waals surface area contributed by atoms with Crippen LogP contribution in [-0.4, -0.2) is 18.0 Å². The van der Waals surface area contributed by atoms with E-state index in [9.17, 15) is 18.0 Å². The van der Waals surface area contributed by atoms with Crippen LogP contribution in [0.4, 0.5) is 13.2 Å². The summed E-state index contributed by atoms with van der Waals surface area (Å²) in [5.74, 6) is -2.32. The molecule has 3 N–H and O–H groups in total. The normalized spacial score (nSPS) is 12.6. The van der Waals surface area contributed by atoms with Crippen LogP contribution in [0.25, 0.3) is 0 Å². The molecule has 0 unspecified atom stereocenters. The molecule has 0 saturated heterocycles. The van der Waals surface area contributed by atoms with Crippen molar-refractivity contribution in [2.24, 2.45) is 5.73 Å². The predicted molar refractivity (Wildman–Crippen MR) is 54.3 cm³/mol. The first-order valence-electron chi connectivity index (χ1n) is 4.85. The molecule has 4 nitrogen and oxygen atoms in total. The smallest absolute Gasteiger partial charge is 0.446 e. The third-order valence-corrected chi connectivity index (χ3v) is 2.07. The molecule has 96 valence electrons. The van der Waals surface area contributed by atoms with Crippen LogP contribution >= 0.6 is 0 Å². The number of carbonyl (C=O) groups excluding carboxylic acids is 1. The van der Waals surface area contributed by atoms with Crippen LogP contribution in [-0.2, 0) is 6.18 Å². The Bertz CT molecular complexity index is 410. The maximum atomic E-state index is 12.2. The summed E-state index contributed by atoms with van der Waals surface area (Å²) in [6.07, 6.45) is -4.60. The summed E-state index contributed by atoms with van der Waals surface area (Å²) >= 11 is 0. The fraction of sp³-hybridized carbons (Fsp3) is 0.500. The van der Waals surface area contributed by atoms with Gasteiger partial charge in [0.15, 0.2) is 5.76 Å². The number of nitrogens with two attached hydrogens (primary N) is 1. The number of halogens is 3. The van der Waals surface area contributed by atoms with Gasteiger partial charge in [0.25, 0.3) is 5.91 Å². The summed E-state index contributed by atoms with van der Waals surface area (Å²) in [6, 6.07) is 1.69. The molecule has 0 aliphatic carbocycles. The van der Waals surface area contributed by atoms with E-state index in [-0.39, 0.29) is 12.3 Å². The summed E-state index contributed by atoms with van der Waals surface area (Å²) in [5, 5.41) is 2.46. The molecule has 1 amide bonds. The molecule has 0 aliphatic rings. The molecule has 7 heteroatoms. The van der Waals surface area contributed by atoms with Crippen molar-refractivity contribution < 1.29 is 22.4 Å². The lowest BCUT2D eigenvalue weighted by Gasteiger charge is -2.23. The third kappa shape index (κ3) is 3.48. The average molecular weight is 250 g/mol. The first-order valence-corrected chi connectivity index (χ1v) is 4.85.